The molecule has 1 N–H and O–H groups in total. The molecule has 2 heterocycles. The SMILES string of the molecule is O=S(=O)(NC1CCN(S(=O)(=O)c2cncc(F)c2)CC1)c1ccccc1. The molecule has 1 fully saturated rings. The van der Waals surface area contributed by atoms with Crippen molar-refractivity contribution in [1.82, 2.24) is 14.0 Å². The molecule has 0 bridgehead atoms. The van der Waals surface area contributed by atoms with Crippen molar-refractivity contribution >= 4 is 20.0 Å². The summed E-state index contributed by atoms with van der Waals surface area (Å²) in [5, 5.41) is 0. The normalized spacial score (nSPS) is 17.3. The van der Waals surface area contributed by atoms with E-state index in [1.54, 1.807) is 18.2 Å². The van der Waals surface area contributed by atoms with E-state index < -0.39 is 25.9 Å². The molecule has 3 rings (SSSR count). The van der Waals surface area contributed by atoms with Crippen molar-refractivity contribution in [2.75, 3.05) is 13.1 Å². The number of piperidine rings is 1. The fourth-order valence-corrected chi connectivity index (χ4v) is 5.55. The summed E-state index contributed by atoms with van der Waals surface area (Å²) >= 11 is 0. The zero-order chi connectivity index (χ0) is 18.8. The predicted molar refractivity (Wildman–Crippen MR) is 92.7 cm³/mol. The Hall–Kier alpha value is -1.88. The molecule has 1 aromatic carbocycles. The Bertz CT molecular complexity index is 974. The Kier molecular flexibility index (Phi) is 5.37. The van der Waals surface area contributed by atoms with Crippen LogP contribution < -0.4 is 4.72 Å². The van der Waals surface area contributed by atoms with Crippen molar-refractivity contribution < 1.29 is 21.2 Å². The van der Waals surface area contributed by atoms with Crippen LogP contribution in [-0.4, -0.2) is 45.3 Å². The number of nitrogens with one attached hydrogen (secondary N) is 1. The van der Waals surface area contributed by atoms with Crippen LogP contribution in [0.3, 0.4) is 0 Å². The fraction of sp³-hybridized carbons (Fsp3) is 0.312. The summed E-state index contributed by atoms with van der Waals surface area (Å²) in [6.07, 6.45) is 2.69. The lowest BCUT2D eigenvalue weighted by Crippen LogP contribution is -2.46. The van der Waals surface area contributed by atoms with Gasteiger partial charge in [0.1, 0.15) is 10.7 Å². The van der Waals surface area contributed by atoms with Gasteiger partial charge < -0.3 is 0 Å². The van der Waals surface area contributed by atoms with E-state index >= 15 is 0 Å². The lowest BCUT2D eigenvalue weighted by molar-refractivity contribution is 0.308. The van der Waals surface area contributed by atoms with Gasteiger partial charge in [-0.3, -0.25) is 4.98 Å². The fourth-order valence-electron chi connectivity index (χ4n) is 2.78. The van der Waals surface area contributed by atoms with E-state index in [1.807, 2.05) is 0 Å². The van der Waals surface area contributed by atoms with E-state index in [2.05, 4.69) is 9.71 Å². The lowest BCUT2D eigenvalue weighted by Gasteiger charge is -2.31. The van der Waals surface area contributed by atoms with Crippen LogP contribution >= 0.6 is 0 Å². The van der Waals surface area contributed by atoms with Gasteiger partial charge in [-0.2, -0.15) is 4.31 Å². The average Bonchev–Trinajstić information content (AvgIpc) is 2.63. The number of nitrogens with zero attached hydrogens (tertiary/aromatic N) is 2. The molecule has 1 saturated heterocycles. The Morgan fingerprint density at radius 2 is 1.65 bits per heavy atom. The Morgan fingerprint density at radius 3 is 2.27 bits per heavy atom. The van der Waals surface area contributed by atoms with Crippen molar-refractivity contribution in [3.8, 4) is 0 Å². The molecule has 7 nitrogen and oxygen atoms in total. The number of rotatable bonds is 5. The summed E-state index contributed by atoms with van der Waals surface area (Å²) in [4.78, 5) is 3.53. The van der Waals surface area contributed by atoms with E-state index in [0.717, 1.165) is 18.5 Å². The largest absolute Gasteiger partial charge is 0.260 e. The van der Waals surface area contributed by atoms with E-state index in [0.29, 0.717) is 12.8 Å². The summed E-state index contributed by atoms with van der Waals surface area (Å²) in [6, 6.07) is 8.55. The van der Waals surface area contributed by atoms with Gasteiger partial charge >= 0.3 is 0 Å². The van der Waals surface area contributed by atoms with Crippen LogP contribution in [0.1, 0.15) is 12.8 Å². The van der Waals surface area contributed by atoms with E-state index in [4.69, 9.17) is 0 Å². The number of halogens is 1. The molecule has 140 valence electrons. The third-order valence-electron chi connectivity index (χ3n) is 4.15. The first-order chi connectivity index (χ1) is 12.3. The topological polar surface area (TPSA) is 96.4 Å². The quantitative estimate of drug-likeness (QED) is 0.819. The number of aromatic nitrogens is 1. The van der Waals surface area contributed by atoms with Crippen molar-refractivity contribution in [3.63, 3.8) is 0 Å². The maximum absolute atomic E-state index is 13.3. The van der Waals surface area contributed by atoms with Gasteiger partial charge in [0.2, 0.25) is 20.0 Å². The van der Waals surface area contributed by atoms with Crippen LogP contribution in [0.2, 0.25) is 0 Å². The number of hydrogen-bond acceptors (Lipinski definition) is 5. The van der Waals surface area contributed by atoms with Gasteiger partial charge in [-0.1, -0.05) is 18.2 Å². The molecule has 1 aliphatic heterocycles. The third-order valence-corrected chi connectivity index (χ3v) is 7.55. The molecule has 26 heavy (non-hydrogen) atoms. The second-order valence-electron chi connectivity index (χ2n) is 5.95. The van der Waals surface area contributed by atoms with E-state index in [1.165, 1.54) is 16.4 Å². The zero-order valence-electron chi connectivity index (χ0n) is 13.7. The van der Waals surface area contributed by atoms with Crippen molar-refractivity contribution in [2.45, 2.75) is 28.7 Å². The molecule has 0 aliphatic carbocycles. The number of benzene rings is 1. The third kappa shape index (κ3) is 4.09. The molecule has 0 unspecified atom stereocenters. The van der Waals surface area contributed by atoms with Gasteiger partial charge in [0.25, 0.3) is 0 Å². The number of pyridine rings is 1. The monoisotopic (exact) mass is 399 g/mol. The van der Waals surface area contributed by atoms with E-state index in [-0.39, 0.29) is 28.9 Å². The van der Waals surface area contributed by atoms with Crippen LogP contribution in [0, 0.1) is 5.82 Å². The minimum absolute atomic E-state index is 0.140. The highest BCUT2D eigenvalue weighted by Gasteiger charge is 2.31. The number of hydrogen-bond donors (Lipinski definition) is 1. The standard InChI is InChI=1S/C16H18FN3O4S2/c17-13-10-16(12-18-11-13)26(23,24)20-8-6-14(7-9-20)19-25(21,22)15-4-2-1-3-5-15/h1-5,10-12,14,19H,6-9H2. The summed E-state index contributed by atoms with van der Waals surface area (Å²) in [5.74, 6) is -0.725. The summed E-state index contributed by atoms with van der Waals surface area (Å²) in [5.41, 5.74) is 0. The summed E-state index contributed by atoms with van der Waals surface area (Å²) in [7, 11) is -7.50. The molecule has 1 aliphatic rings. The minimum Gasteiger partial charge on any atom is -0.260 e. The van der Waals surface area contributed by atoms with Gasteiger partial charge in [-0.15, -0.1) is 0 Å². The second kappa shape index (κ2) is 7.39. The maximum Gasteiger partial charge on any atom is 0.244 e. The van der Waals surface area contributed by atoms with Crippen molar-refractivity contribution in [2.24, 2.45) is 0 Å². The van der Waals surface area contributed by atoms with E-state index in [9.17, 15) is 21.2 Å². The van der Waals surface area contributed by atoms with Gasteiger partial charge in [0, 0.05) is 25.3 Å². The summed E-state index contributed by atoms with van der Waals surface area (Å²) < 4.78 is 66.8. The van der Waals surface area contributed by atoms with Gasteiger partial charge in [0.05, 0.1) is 11.1 Å². The minimum atomic E-state index is -3.85. The molecule has 2 aromatic rings. The Morgan fingerprint density at radius 1 is 1.00 bits per heavy atom. The molecule has 0 saturated carbocycles. The molecule has 0 amide bonds. The first kappa shape index (κ1) is 18.9. The Labute approximate surface area is 152 Å². The van der Waals surface area contributed by atoms with Crippen LogP contribution in [-0.2, 0) is 20.0 Å². The molecule has 0 spiro atoms. The summed E-state index contributed by atoms with van der Waals surface area (Å²) in [6.45, 7) is 0.279. The predicted octanol–water partition coefficient (Wildman–Crippen LogP) is 1.35. The lowest BCUT2D eigenvalue weighted by atomic mass is 10.1. The van der Waals surface area contributed by atoms with Crippen molar-refractivity contribution in [3.05, 3.63) is 54.6 Å². The highest BCUT2D eigenvalue weighted by molar-refractivity contribution is 7.89. The molecular weight excluding hydrogens is 381 g/mol. The smallest absolute Gasteiger partial charge is 0.244 e. The second-order valence-corrected chi connectivity index (χ2v) is 9.60. The van der Waals surface area contributed by atoms with Gasteiger partial charge in [-0.25, -0.2) is 25.9 Å². The van der Waals surface area contributed by atoms with Crippen LogP contribution in [0.15, 0.2) is 58.6 Å². The highest BCUT2D eigenvalue weighted by atomic mass is 32.2. The molecule has 10 heteroatoms. The first-order valence-corrected chi connectivity index (χ1v) is 10.9. The number of sulfonamides is 2. The first-order valence-electron chi connectivity index (χ1n) is 7.97. The Balaban J connectivity index is 1.66. The molecule has 0 radical (unpaired) electrons. The highest BCUT2D eigenvalue weighted by Crippen LogP contribution is 2.21. The van der Waals surface area contributed by atoms with Gasteiger partial charge in [0.15, 0.2) is 0 Å². The zero-order valence-corrected chi connectivity index (χ0v) is 15.4. The molecule has 1 aromatic heterocycles. The van der Waals surface area contributed by atoms with Crippen molar-refractivity contribution in [1.29, 1.82) is 0 Å². The van der Waals surface area contributed by atoms with Crippen LogP contribution in [0.5, 0.6) is 0 Å². The molecular formula is C16H18FN3O4S2. The van der Waals surface area contributed by atoms with Gasteiger partial charge in [-0.05, 0) is 31.0 Å². The van der Waals surface area contributed by atoms with Crippen LogP contribution in [0.25, 0.3) is 0 Å². The average molecular weight is 399 g/mol. The van der Waals surface area contributed by atoms with Crippen LogP contribution in [0.4, 0.5) is 4.39 Å². The maximum atomic E-state index is 13.3. The molecule has 0 atom stereocenters.